The number of hydrogen-bond acceptors (Lipinski definition) is 0. The zero-order valence-electron chi connectivity index (χ0n) is 69.8. The van der Waals surface area contributed by atoms with Gasteiger partial charge in [0.2, 0.25) is 0 Å². The van der Waals surface area contributed by atoms with Gasteiger partial charge in [-0.2, -0.15) is 0 Å². The molecule has 0 unspecified atom stereocenters. The standard InChI is InChI=1S/2C19H16.C15H12.2C11H10.13C2H6/c1-15-18(16-9-4-2-5-10-16)13-8-14-19(15)17-11-6-3-7-12-17;1-15-12-18(16-8-4-2-5-9-16)14-19(13-15)17-10-6-3-7-11-17;1-11-5-4-8-15-13(11)10-9-12-6-2-3-7-14(12)15;1-9-5-4-7-10-6-2-3-8-11(9)10;1-9-6-7-10-4-2-3-5-11(10)8-9;13*1-2/h2*2-14H,1H3;2-10H,1H3;2*2-8H,1H3;13*1-2H3. The van der Waals surface area contributed by atoms with Crippen LogP contribution in [0.15, 0.2) is 297 Å². The SMILES string of the molecule is CC.CC.CC.CC.CC.CC.CC.CC.CC.CC.CC.CC.CC.Cc1c(-c2ccccc2)cccc1-c1ccccc1.Cc1cc(-c2ccccc2)cc(-c2ccccc2)c1.Cc1ccc2ccccc2c1.Cc1cccc2c1ccc1ccccc12.Cc1cccc2ccccc12. The van der Waals surface area contributed by atoms with Gasteiger partial charge in [0.15, 0.2) is 0 Å². The van der Waals surface area contributed by atoms with Crippen LogP contribution in [0.5, 0.6) is 0 Å². The fraction of sp³-hybridized carbons (Fsp3) is 0.307. The summed E-state index contributed by atoms with van der Waals surface area (Å²) in [5.74, 6) is 0. The van der Waals surface area contributed by atoms with Crippen molar-refractivity contribution in [3.63, 3.8) is 0 Å². The minimum absolute atomic E-state index is 1.27. The van der Waals surface area contributed by atoms with Crippen molar-refractivity contribution in [1.82, 2.24) is 0 Å². The number of rotatable bonds is 4. The van der Waals surface area contributed by atoms with Crippen LogP contribution in [0, 0.1) is 34.6 Å². The van der Waals surface area contributed by atoms with E-state index in [1.165, 1.54) is 115 Å². The molecular weight excluding hydrogens is 1210 g/mol. The van der Waals surface area contributed by atoms with Crippen molar-refractivity contribution in [2.75, 3.05) is 0 Å². The molecule has 13 aromatic rings. The Morgan fingerprint density at radius 2 is 0.436 bits per heavy atom. The zero-order valence-corrected chi connectivity index (χ0v) is 69.8. The molecule has 0 spiro atoms. The molecule has 0 saturated carbocycles. The molecule has 0 nitrogen and oxygen atoms in total. The van der Waals surface area contributed by atoms with Crippen LogP contribution in [0.4, 0.5) is 0 Å². The molecule has 0 atom stereocenters. The van der Waals surface area contributed by atoms with Crippen molar-refractivity contribution in [1.29, 1.82) is 0 Å². The van der Waals surface area contributed by atoms with Crippen LogP contribution in [0.1, 0.15) is 208 Å². The molecule has 0 amide bonds. The van der Waals surface area contributed by atoms with E-state index in [9.17, 15) is 0 Å². The Kier molecular flexibility index (Phi) is 69.1. The molecular formula is C101H142. The van der Waals surface area contributed by atoms with Gasteiger partial charge in [0.1, 0.15) is 0 Å². The second kappa shape index (κ2) is 69.4. The second-order valence-electron chi connectivity index (χ2n) is 19.1. The quantitative estimate of drug-likeness (QED) is 0.154. The molecule has 0 heterocycles. The maximum absolute atomic E-state index is 2.26. The number of aryl methyl sites for hydroxylation is 4. The summed E-state index contributed by atoms with van der Waals surface area (Å²) in [6.07, 6.45) is 0. The molecule has 0 aliphatic rings. The molecule has 13 rings (SSSR count). The van der Waals surface area contributed by atoms with Crippen molar-refractivity contribution in [2.45, 2.75) is 215 Å². The van der Waals surface area contributed by atoms with Crippen LogP contribution in [0.25, 0.3) is 87.6 Å². The van der Waals surface area contributed by atoms with Crippen LogP contribution in [0.2, 0.25) is 0 Å². The Morgan fingerprint density at radius 1 is 0.149 bits per heavy atom. The maximum atomic E-state index is 2.26. The molecule has 0 bridgehead atoms. The normalized spacial score (nSPS) is 8.54. The van der Waals surface area contributed by atoms with Crippen LogP contribution < -0.4 is 0 Å². The van der Waals surface area contributed by atoms with E-state index in [1.807, 2.05) is 180 Å². The number of hydrogen-bond donors (Lipinski definition) is 0. The summed E-state index contributed by atoms with van der Waals surface area (Å²) in [4.78, 5) is 0. The van der Waals surface area contributed by atoms with E-state index in [-0.39, 0.29) is 0 Å². The molecule has 0 aromatic heterocycles. The highest BCUT2D eigenvalue weighted by molar-refractivity contribution is 6.08. The van der Waals surface area contributed by atoms with Crippen LogP contribution in [-0.2, 0) is 0 Å². The Balaban J connectivity index is -0.000000355. The molecule has 0 radical (unpaired) electrons. The van der Waals surface area contributed by atoms with Gasteiger partial charge in [-0.05, 0) is 151 Å². The minimum Gasteiger partial charge on any atom is -0.0683 e. The topological polar surface area (TPSA) is 0 Å². The molecule has 546 valence electrons. The van der Waals surface area contributed by atoms with E-state index >= 15 is 0 Å². The molecule has 0 fully saturated rings. The monoisotopic (exact) mass is 1360 g/mol. The van der Waals surface area contributed by atoms with Gasteiger partial charge in [0, 0.05) is 0 Å². The van der Waals surface area contributed by atoms with Gasteiger partial charge >= 0.3 is 0 Å². The first-order chi connectivity index (χ1) is 49.8. The third kappa shape index (κ3) is 36.7. The van der Waals surface area contributed by atoms with Gasteiger partial charge < -0.3 is 0 Å². The highest BCUT2D eigenvalue weighted by atomic mass is 14.1. The molecule has 13 aromatic carbocycles. The van der Waals surface area contributed by atoms with Crippen molar-refractivity contribution in [3.8, 4) is 44.5 Å². The maximum Gasteiger partial charge on any atom is -0.0103 e. The highest BCUT2D eigenvalue weighted by Crippen LogP contribution is 2.32. The summed E-state index contributed by atoms with van der Waals surface area (Å²) in [5, 5.41) is 10.7. The van der Waals surface area contributed by atoms with Crippen molar-refractivity contribution < 1.29 is 0 Å². The highest BCUT2D eigenvalue weighted by Gasteiger charge is 2.08. The van der Waals surface area contributed by atoms with E-state index in [1.54, 1.807) is 0 Å². The van der Waals surface area contributed by atoms with Crippen molar-refractivity contribution >= 4 is 43.1 Å². The summed E-state index contributed by atoms with van der Waals surface area (Å²) >= 11 is 0. The van der Waals surface area contributed by atoms with Crippen LogP contribution in [0.3, 0.4) is 0 Å². The van der Waals surface area contributed by atoms with E-state index < -0.39 is 0 Å². The smallest absolute Gasteiger partial charge is 0.0103 e. The van der Waals surface area contributed by atoms with Gasteiger partial charge in [0.05, 0.1) is 0 Å². The summed E-state index contributed by atoms with van der Waals surface area (Å²) in [7, 11) is 0. The summed E-state index contributed by atoms with van der Waals surface area (Å²) in [5.41, 5.74) is 16.9. The molecule has 0 aliphatic carbocycles. The third-order valence-corrected chi connectivity index (χ3v) is 13.7. The van der Waals surface area contributed by atoms with Gasteiger partial charge in [0.25, 0.3) is 0 Å². The average Bonchev–Trinajstić information content (AvgIpc) is 0.802. The number of fused-ring (bicyclic) bond motifs is 5. The fourth-order valence-corrected chi connectivity index (χ4v) is 9.77. The van der Waals surface area contributed by atoms with Crippen molar-refractivity contribution in [3.05, 3.63) is 325 Å². The predicted octanol–water partition coefficient (Wildman–Crippen LogP) is 34.6. The fourth-order valence-electron chi connectivity index (χ4n) is 9.77. The summed E-state index contributed by atoms with van der Waals surface area (Å²) < 4.78 is 0. The first-order valence-corrected chi connectivity index (χ1v) is 39.0. The molecule has 0 saturated heterocycles. The van der Waals surface area contributed by atoms with E-state index in [2.05, 4.69) is 332 Å². The van der Waals surface area contributed by atoms with Crippen LogP contribution in [-0.4, -0.2) is 0 Å². The van der Waals surface area contributed by atoms with E-state index in [0.29, 0.717) is 0 Å². The lowest BCUT2D eigenvalue weighted by molar-refractivity contribution is 1.45. The van der Waals surface area contributed by atoms with Crippen molar-refractivity contribution in [2.24, 2.45) is 0 Å². The first-order valence-electron chi connectivity index (χ1n) is 39.0. The van der Waals surface area contributed by atoms with E-state index in [0.717, 1.165) is 0 Å². The largest absolute Gasteiger partial charge is 0.0683 e. The Morgan fingerprint density at radius 3 is 0.842 bits per heavy atom. The average molecular weight is 1360 g/mol. The van der Waals surface area contributed by atoms with Gasteiger partial charge in [-0.15, -0.1) is 0 Å². The minimum atomic E-state index is 1.27. The van der Waals surface area contributed by atoms with Gasteiger partial charge in [-0.1, -0.05) is 477 Å². The van der Waals surface area contributed by atoms with E-state index in [4.69, 9.17) is 0 Å². The number of benzene rings is 13. The lowest BCUT2D eigenvalue weighted by atomic mass is 9.93. The lowest BCUT2D eigenvalue weighted by Gasteiger charge is -2.11. The third-order valence-electron chi connectivity index (χ3n) is 13.7. The second-order valence-corrected chi connectivity index (χ2v) is 19.1. The Hall–Kier alpha value is -9.10. The Bertz CT molecular complexity index is 3780. The summed E-state index contributed by atoms with van der Waals surface area (Å²) in [6.45, 7) is 62.8. The van der Waals surface area contributed by atoms with Gasteiger partial charge in [-0.25, -0.2) is 0 Å². The lowest BCUT2D eigenvalue weighted by Crippen LogP contribution is -1.87. The van der Waals surface area contributed by atoms with Gasteiger partial charge in [-0.3, -0.25) is 0 Å². The molecule has 0 heteroatoms. The molecule has 0 aliphatic heterocycles. The summed E-state index contributed by atoms with van der Waals surface area (Å²) in [6, 6.07) is 105. The molecule has 0 N–H and O–H groups in total. The predicted molar refractivity (Wildman–Crippen MR) is 475 cm³/mol. The Labute approximate surface area is 623 Å². The molecule has 101 heavy (non-hydrogen) atoms. The zero-order chi connectivity index (χ0) is 77.8. The first kappa shape index (κ1) is 101. The van der Waals surface area contributed by atoms with Crippen LogP contribution >= 0.6 is 0 Å².